The third-order valence-corrected chi connectivity index (χ3v) is 6.55. The topological polar surface area (TPSA) is 110 Å². The van der Waals surface area contributed by atoms with E-state index in [9.17, 15) is 13.2 Å². The third-order valence-electron chi connectivity index (χ3n) is 5.18. The lowest BCUT2D eigenvalue weighted by molar-refractivity contribution is -0.122. The van der Waals surface area contributed by atoms with Crippen molar-refractivity contribution in [1.82, 2.24) is 9.97 Å². The van der Waals surface area contributed by atoms with Gasteiger partial charge in [-0.1, -0.05) is 19.9 Å². The van der Waals surface area contributed by atoms with Crippen molar-refractivity contribution >= 4 is 27.4 Å². The standard InChI is InChI=1S/C25H30N4O4S/c1-15(2)23-12-9-21(13-16(23)3)33-18(5)25(30)28-20-7-10-22(11-8-20)34(31,32)29-24-14-17(4)26-19(6)27-24/h7-15,18H,1-6H3,(H,28,30)(H,26,27,29). The zero-order chi connectivity index (χ0) is 25.0. The molecule has 9 heteroatoms. The molecular weight excluding hydrogens is 452 g/mol. The Morgan fingerprint density at radius 1 is 0.941 bits per heavy atom. The molecule has 0 bridgehead atoms. The van der Waals surface area contributed by atoms with E-state index in [2.05, 4.69) is 33.9 Å². The summed E-state index contributed by atoms with van der Waals surface area (Å²) in [7, 11) is -3.84. The number of nitrogens with zero attached hydrogens (tertiary/aromatic N) is 2. The third kappa shape index (κ3) is 6.32. The molecule has 1 heterocycles. The molecule has 0 aliphatic rings. The fourth-order valence-corrected chi connectivity index (χ4v) is 4.55. The number of carbonyl (C=O) groups is 1. The Morgan fingerprint density at radius 3 is 2.21 bits per heavy atom. The predicted molar refractivity (Wildman–Crippen MR) is 133 cm³/mol. The second-order valence-corrected chi connectivity index (χ2v) is 10.2. The number of aryl methyl sites for hydroxylation is 3. The maximum atomic E-state index is 12.7. The maximum absolute atomic E-state index is 12.7. The molecule has 0 radical (unpaired) electrons. The highest BCUT2D eigenvalue weighted by atomic mass is 32.2. The fraction of sp³-hybridized carbons (Fsp3) is 0.320. The van der Waals surface area contributed by atoms with Gasteiger partial charge in [-0.2, -0.15) is 0 Å². The van der Waals surface area contributed by atoms with Gasteiger partial charge < -0.3 is 10.1 Å². The number of hydrogen-bond acceptors (Lipinski definition) is 6. The molecule has 3 aromatic rings. The highest BCUT2D eigenvalue weighted by molar-refractivity contribution is 7.92. The molecule has 2 N–H and O–H groups in total. The van der Waals surface area contributed by atoms with Gasteiger partial charge in [-0.25, -0.2) is 18.4 Å². The Bertz CT molecular complexity index is 1270. The molecule has 8 nitrogen and oxygen atoms in total. The number of hydrogen-bond donors (Lipinski definition) is 2. The predicted octanol–water partition coefficient (Wildman–Crippen LogP) is 4.73. The van der Waals surface area contributed by atoms with Crippen LogP contribution in [0.25, 0.3) is 0 Å². The van der Waals surface area contributed by atoms with Gasteiger partial charge in [0.25, 0.3) is 15.9 Å². The second kappa shape index (κ2) is 10.2. The number of amides is 1. The highest BCUT2D eigenvalue weighted by Crippen LogP contribution is 2.24. The smallest absolute Gasteiger partial charge is 0.265 e. The maximum Gasteiger partial charge on any atom is 0.265 e. The minimum Gasteiger partial charge on any atom is -0.481 e. The van der Waals surface area contributed by atoms with E-state index in [-0.39, 0.29) is 16.6 Å². The van der Waals surface area contributed by atoms with Crippen LogP contribution in [0.15, 0.2) is 53.4 Å². The van der Waals surface area contributed by atoms with Gasteiger partial charge in [0.15, 0.2) is 6.10 Å². The van der Waals surface area contributed by atoms with Crippen LogP contribution in [0, 0.1) is 20.8 Å². The van der Waals surface area contributed by atoms with E-state index < -0.39 is 16.1 Å². The molecule has 1 unspecified atom stereocenters. The van der Waals surface area contributed by atoms with Crippen molar-refractivity contribution in [3.63, 3.8) is 0 Å². The Hall–Kier alpha value is -3.46. The van der Waals surface area contributed by atoms with Crippen molar-refractivity contribution in [2.45, 2.75) is 58.5 Å². The van der Waals surface area contributed by atoms with Crippen LogP contribution in [0.4, 0.5) is 11.5 Å². The van der Waals surface area contributed by atoms with Crippen LogP contribution in [0.3, 0.4) is 0 Å². The molecule has 0 aliphatic heterocycles. The number of ether oxygens (including phenoxy) is 1. The van der Waals surface area contributed by atoms with Crippen molar-refractivity contribution in [3.05, 3.63) is 71.2 Å². The number of carbonyl (C=O) groups excluding carboxylic acids is 1. The first-order valence-electron chi connectivity index (χ1n) is 11.0. The lowest BCUT2D eigenvalue weighted by Gasteiger charge is -2.17. The zero-order valence-electron chi connectivity index (χ0n) is 20.2. The van der Waals surface area contributed by atoms with E-state index in [1.54, 1.807) is 26.8 Å². The van der Waals surface area contributed by atoms with Crippen molar-refractivity contribution in [2.24, 2.45) is 0 Å². The number of benzene rings is 2. The molecule has 0 saturated heterocycles. The first-order chi connectivity index (χ1) is 15.9. The molecule has 1 aromatic heterocycles. The monoisotopic (exact) mass is 482 g/mol. The van der Waals surface area contributed by atoms with Gasteiger partial charge in [0.1, 0.15) is 17.4 Å². The van der Waals surface area contributed by atoms with Crippen molar-refractivity contribution < 1.29 is 17.9 Å². The first kappa shape index (κ1) is 25.2. The minimum atomic E-state index is -3.84. The van der Waals surface area contributed by atoms with E-state index in [1.807, 2.05) is 25.1 Å². The Morgan fingerprint density at radius 2 is 1.62 bits per heavy atom. The summed E-state index contributed by atoms with van der Waals surface area (Å²) in [5.74, 6) is 1.35. The van der Waals surface area contributed by atoms with Crippen LogP contribution >= 0.6 is 0 Å². The van der Waals surface area contributed by atoms with Crippen LogP contribution in [0.2, 0.25) is 0 Å². The average Bonchev–Trinajstić information content (AvgIpc) is 2.72. The molecule has 0 fully saturated rings. The number of sulfonamides is 1. The first-order valence-corrected chi connectivity index (χ1v) is 12.5. The van der Waals surface area contributed by atoms with Gasteiger partial charge in [-0.3, -0.25) is 9.52 Å². The van der Waals surface area contributed by atoms with E-state index in [0.717, 1.165) is 5.56 Å². The van der Waals surface area contributed by atoms with Crippen molar-refractivity contribution in [1.29, 1.82) is 0 Å². The van der Waals surface area contributed by atoms with Crippen LogP contribution in [-0.2, 0) is 14.8 Å². The van der Waals surface area contributed by atoms with Crippen LogP contribution < -0.4 is 14.8 Å². The lowest BCUT2D eigenvalue weighted by atomic mass is 9.98. The van der Waals surface area contributed by atoms with E-state index >= 15 is 0 Å². The quantitative estimate of drug-likeness (QED) is 0.480. The Labute approximate surface area is 200 Å². The lowest BCUT2D eigenvalue weighted by Crippen LogP contribution is -2.30. The molecule has 180 valence electrons. The molecule has 0 spiro atoms. The zero-order valence-corrected chi connectivity index (χ0v) is 21.0. The summed E-state index contributed by atoms with van der Waals surface area (Å²) in [6.45, 7) is 11.4. The van der Waals surface area contributed by atoms with E-state index in [0.29, 0.717) is 28.9 Å². The molecule has 2 aromatic carbocycles. The summed E-state index contributed by atoms with van der Waals surface area (Å²) >= 11 is 0. The molecule has 0 aliphatic carbocycles. The van der Waals surface area contributed by atoms with Gasteiger partial charge in [0.05, 0.1) is 4.90 Å². The average molecular weight is 483 g/mol. The summed E-state index contributed by atoms with van der Waals surface area (Å²) in [5, 5.41) is 2.75. The van der Waals surface area contributed by atoms with Crippen LogP contribution in [-0.4, -0.2) is 30.4 Å². The number of aromatic nitrogens is 2. The largest absolute Gasteiger partial charge is 0.481 e. The molecular formula is C25H30N4O4S. The van der Waals surface area contributed by atoms with Crippen LogP contribution in [0.5, 0.6) is 5.75 Å². The minimum absolute atomic E-state index is 0.0458. The van der Waals surface area contributed by atoms with Crippen molar-refractivity contribution in [2.75, 3.05) is 10.0 Å². The molecule has 1 amide bonds. The second-order valence-electron chi connectivity index (χ2n) is 8.49. The molecule has 1 atom stereocenters. The number of rotatable bonds is 8. The summed E-state index contributed by atoms with van der Waals surface area (Å²) in [6, 6.07) is 13.2. The summed E-state index contributed by atoms with van der Waals surface area (Å²) in [6.07, 6.45) is -0.737. The number of anilines is 2. The normalized spacial score (nSPS) is 12.3. The van der Waals surface area contributed by atoms with E-state index in [1.165, 1.54) is 29.8 Å². The highest BCUT2D eigenvalue weighted by Gasteiger charge is 2.18. The van der Waals surface area contributed by atoms with Gasteiger partial charge in [-0.05, 0) is 81.1 Å². The van der Waals surface area contributed by atoms with Crippen molar-refractivity contribution in [3.8, 4) is 5.75 Å². The van der Waals surface area contributed by atoms with E-state index in [4.69, 9.17) is 4.74 Å². The van der Waals surface area contributed by atoms with Gasteiger partial charge >= 0.3 is 0 Å². The molecule has 34 heavy (non-hydrogen) atoms. The summed E-state index contributed by atoms with van der Waals surface area (Å²) in [4.78, 5) is 20.9. The molecule has 0 saturated carbocycles. The summed E-state index contributed by atoms with van der Waals surface area (Å²) in [5.41, 5.74) is 3.46. The SMILES string of the molecule is Cc1cc(NS(=O)(=O)c2ccc(NC(=O)C(C)Oc3ccc(C(C)C)c(C)c3)cc2)nc(C)n1. The molecule has 3 rings (SSSR count). The van der Waals surface area contributed by atoms with Gasteiger partial charge in [0.2, 0.25) is 0 Å². The fourth-order valence-electron chi connectivity index (χ4n) is 3.55. The van der Waals surface area contributed by atoms with Gasteiger partial charge in [0, 0.05) is 17.4 Å². The number of nitrogens with one attached hydrogen (secondary N) is 2. The Balaban J connectivity index is 1.64. The Kier molecular flexibility index (Phi) is 7.56. The van der Waals surface area contributed by atoms with Crippen LogP contribution in [0.1, 0.15) is 49.3 Å². The van der Waals surface area contributed by atoms with Gasteiger partial charge in [-0.15, -0.1) is 0 Å². The summed E-state index contributed by atoms with van der Waals surface area (Å²) < 4.78 is 33.6.